The van der Waals surface area contributed by atoms with E-state index < -0.39 is 0 Å². The van der Waals surface area contributed by atoms with Crippen LogP contribution in [0.4, 0.5) is 0 Å². The minimum absolute atomic E-state index is 0.246. The Labute approximate surface area is 99.7 Å². The first-order valence-electron chi connectivity index (χ1n) is 6.05. The molecule has 3 aliphatic heterocycles. The van der Waals surface area contributed by atoms with Gasteiger partial charge in [0.1, 0.15) is 6.54 Å². The van der Waals surface area contributed by atoms with Gasteiger partial charge in [-0.15, -0.1) is 11.3 Å². The van der Waals surface area contributed by atoms with E-state index in [4.69, 9.17) is 0 Å². The maximum atomic E-state index is 12.1. The zero-order valence-electron chi connectivity index (χ0n) is 9.39. The maximum absolute atomic E-state index is 12.1. The van der Waals surface area contributed by atoms with E-state index in [9.17, 15) is 4.79 Å². The van der Waals surface area contributed by atoms with E-state index in [1.165, 1.54) is 50.2 Å². The zero-order chi connectivity index (χ0) is 11.0. The molecule has 4 rings (SSSR count). The number of ketones is 1. The lowest BCUT2D eigenvalue weighted by Gasteiger charge is -2.48. The smallest absolute Gasteiger partial charge is 0.245 e. The molecule has 0 atom stereocenters. The summed E-state index contributed by atoms with van der Waals surface area (Å²) in [6.45, 7) is 4.31. The fourth-order valence-corrected chi connectivity index (χ4v) is 3.68. The molecular formula is C12H17N2OS+. The van der Waals surface area contributed by atoms with Gasteiger partial charge in [-0.2, -0.15) is 0 Å². The second-order valence-corrected chi connectivity index (χ2v) is 6.06. The molecule has 86 valence electrons. The van der Waals surface area contributed by atoms with E-state index in [-0.39, 0.29) is 5.78 Å². The number of nitrogens with zero attached hydrogens (tertiary/aromatic N) is 2. The zero-order valence-corrected chi connectivity index (χ0v) is 10.2. The Morgan fingerprint density at radius 1 is 1.38 bits per heavy atom. The molecule has 1 aromatic rings. The molecule has 0 spiro atoms. The van der Waals surface area contributed by atoms with Gasteiger partial charge in [0.15, 0.2) is 5.01 Å². The first-order valence-corrected chi connectivity index (χ1v) is 6.93. The van der Waals surface area contributed by atoms with Gasteiger partial charge in [-0.3, -0.25) is 4.79 Å². The number of thiazole rings is 1. The lowest BCUT2D eigenvalue weighted by molar-refractivity contribution is -0.935. The van der Waals surface area contributed by atoms with Crippen molar-refractivity contribution in [2.45, 2.75) is 19.3 Å². The van der Waals surface area contributed by atoms with E-state index >= 15 is 0 Å². The summed E-state index contributed by atoms with van der Waals surface area (Å²) >= 11 is 1.47. The van der Waals surface area contributed by atoms with Crippen LogP contribution in [-0.2, 0) is 0 Å². The van der Waals surface area contributed by atoms with Gasteiger partial charge in [-0.05, 0) is 25.2 Å². The fourth-order valence-electron chi connectivity index (χ4n) is 3.11. The molecule has 1 aromatic heterocycles. The fraction of sp³-hybridized carbons (Fsp3) is 0.667. The number of piperidine rings is 3. The van der Waals surface area contributed by atoms with Crippen molar-refractivity contribution in [3.8, 4) is 0 Å². The van der Waals surface area contributed by atoms with Crippen molar-refractivity contribution >= 4 is 17.1 Å². The van der Waals surface area contributed by atoms with Crippen LogP contribution in [0.2, 0.25) is 0 Å². The number of Topliss-reactive ketones (excluding diaryl/α,β-unsaturated/α-hetero) is 1. The van der Waals surface area contributed by atoms with Crippen molar-refractivity contribution in [2.75, 3.05) is 26.2 Å². The predicted octanol–water partition coefficient (Wildman–Crippen LogP) is 1.96. The van der Waals surface area contributed by atoms with Crippen LogP contribution in [0.1, 0.15) is 29.1 Å². The highest BCUT2D eigenvalue weighted by Gasteiger charge is 2.41. The third kappa shape index (κ3) is 1.80. The van der Waals surface area contributed by atoms with Crippen molar-refractivity contribution in [3.05, 3.63) is 16.6 Å². The average molecular weight is 237 g/mol. The van der Waals surface area contributed by atoms with Crippen LogP contribution in [0.25, 0.3) is 0 Å². The number of rotatable bonds is 3. The third-order valence-corrected chi connectivity index (χ3v) is 5.00. The lowest BCUT2D eigenvalue weighted by atomic mass is 9.85. The van der Waals surface area contributed by atoms with E-state index in [0.29, 0.717) is 11.6 Å². The van der Waals surface area contributed by atoms with Crippen molar-refractivity contribution < 1.29 is 9.28 Å². The highest BCUT2D eigenvalue weighted by atomic mass is 32.1. The van der Waals surface area contributed by atoms with E-state index in [0.717, 1.165) is 10.4 Å². The van der Waals surface area contributed by atoms with Gasteiger partial charge in [-0.1, -0.05) is 0 Å². The number of hydrogen-bond acceptors (Lipinski definition) is 3. The molecule has 16 heavy (non-hydrogen) atoms. The molecule has 0 radical (unpaired) electrons. The summed E-state index contributed by atoms with van der Waals surface area (Å²) in [4.78, 5) is 16.2. The second-order valence-electron chi connectivity index (χ2n) is 5.16. The topological polar surface area (TPSA) is 30.0 Å². The Hall–Kier alpha value is -0.740. The highest BCUT2D eigenvalue weighted by molar-refractivity contribution is 7.11. The van der Waals surface area contributed by atoms with Crippen LogP contribution < -0.4 is 0 Å². The summed E-state index contributed by atoms with van der Waals surface area (Å²) in [6.07, 6.45) is 5.70. The normalized spacial score (nSPS) is 32.9. The molecule has 3 fully saturated rings. The number of fused-ring (bicyclic) bond motifs is 3. The van der Waals surface area contributed by atoms with Crippen molar-refractivity contribution in [1.29, 1.82) is 0 Å². The van der Waals surface area contributed by atoms with Crippen LogP contribution in [0.15, 0.2) is 11.6 Å². The average Bonchev–Trinajstić information content (AvgIpc) is 2.84. The molecule has 4 heterocycles. The minimum Gasteiger partial charge on any atom is -0.317 e. The molecular weight excluding hydrogens is 220 g/mol. The second kappa shape index (κ2) is 3.93. The van der Waals surface area contributed by atoms with E-state index in [1.807, 2.05) is 5.38 Å². The van der Waals surface area contributed by atoms with Crippen molar-refractivity contribution in [2.24, 2.45) is 5.92 Å². The van der Waals surface area contributed by atoms with Gasteiger partial charge in [0, 0.05) is 11.6 Å². The van der Waals surface area contributed by atoms with Crippen LogP contribution >= 0.6 is 11.3 Å². The number of hydrogen-bond donors (Lipinski definition) is 0. The van der Waals surface area contributed by atoms with Crippen LogP contribution in [-0.4, -0.2) is 41.4 Å². The van der Waals surface area contributed by atoms with Crippen molar-refractivity contribution in [3.63, 3.8) is 0 Å². The maximum Gasteiger partial charge on any atom is 0.245 e. The van der Waals surface area contributed by atoms with Gasteiger partial charge in [0.2, 0.25) is 5.78 Å². The number of carbonyl (C=O) groups is 1. The highest BCUT2D eigenvalue weighted by Crippen LogP contribution is 2.33. The first-order chi connectivity index (χ1) is 7.77. The molecule has 0 aromatic carbocycles. The SMILES string of the molecule is O=C(C[N+]12CCC(CC1)CC2)c1nccs1. The Bertz CT molecular complexity index is 366. The predicted molar refractivity (Wildman–Crippen MR) is 63.5 cm³/mol. The van der Waals surface area contributed by atoms with Crippen molar-refractivity contribution in [1.82, 2.24) is 4.98 Å². The van der Waals surface area contributed by atoms with E-state index in [1.54, 1.807) is 6.20 Å². The molecule has 0 amide bonds. The number of quaternary nitrogens is 1. The Kier molecular flexibility index (Phi) is 2.56. The molecule has 4 heteroatoms. The summed E-state index contributed by atoms with van der Waals surface area (Å²) in [5.41, 5.74) is 0. The Balaban J connectivity index is 1.72. The van der Waals surface area contributed by atoms with Crippen LogP contribution in [0, 0.1) is 5.92 Å². The summed E-state index contributed by atoms with van der Waals surface area (Å²) in [5.74, 6) is 1.20. The summed E-state index contributed by atoms with van der Waals surface area (Å²) in [5, 5.41) is 2.58. The molecule has 0 aliphatic carbocycles. The van der Waals surface area contributed by atoms with Gasteiger partial charge in [-0.25, -0.2) is 4.98 Å². The number of aromatic nitrogens is 1. The van der Waals surface area contributed by atoms with Gasteiger partial charge in [0.25, 0.3) is 0 Å². The summed E-state index contributed by atoms with van der Waals surface area (Å²) in [6, 6.07) is 0. The minimum atomic E-state index is 0.246. The summed E-state index contributed by atoms with van der Waals surface area (Å²) in [7, 11) is 0. The van der Waals surface area contributed by atoms with Gasteiger partial charge >= 0.3 is 0 Å². The molecule has 0 N–H and O–H groups in total. The van der Waals surface area contributed by atoms with Crippen LogP contribution in [0.5, 0.6) is 0 Å². The standard InChI is InChI=1S/C12H17N2OS/c15-11(12-13-4-8-16-12)9-14-5-1-10(2-6-14)3-7-14/h4,8,10H,1-3,5-7,9H2/q+1. The molecule has 2 bridgehead atoms. The third-order valence-electron chi connectivity index (χ3n) is 4.18. The quantitative estimate of drug-likeness (QED) is 0.594. The molecule has 3 saturated heterocycles. The molecule has 0 unspecified atom stereocenters. The largest absolute Gasteiger partial charge is 0.317 e. The molecule has 3 aliphatic rings. The van der Waals surface area contributed by atoms with Gasteiger partial charge < -0.3 is 4.48 Å². The monoisotopic (exact) mass is 237 g/mol. The van der Waals surface area contributed by atoms with E-state index in [2.05, 4.69) is 4.98 Å². The van der Waals surface area contributed by atoms with Gasteiger partial charge in [0.05, 0.1) is 19.6 Å². The lowest BCUT2D eigenvalue weighted by Crippen LogP contribution is -2.60. The first kappa shape index (κ1) is 10.4. The Morgan fingerprint density at radius 3 is 2.62 bits per heavy atom. The number of carbonyl (C=O) groups excluding carboxylic acids is 1. The molecule has 3 nitrogen and oxygen atoms in total. The summed E-state index contributed by atoms with van der Waals surface area (Å²) < 4.78 is 1.04. The van der Waals surface area contributed by atoms with Crippen LogP contribution in [0.3, 0.4) is 0 Å². The molecule has 0 saturated carbocycles. The Morgan fingerprint density at radius 2 is 2.06 bits per heavy atom.